The molecule has 1 aliphatic rings. The predicted octanol–water partition coefficient (Wildman–Crippen LogP) is 5.29. The zero-order valence-electron chi connectivity index (χ0n) is 15.8. The third kappa shape index (κ3) is 4.28. The summed E-state index contributed by atoms with van der Waals surface area (Å²) in [7, 11) is 0. The van der Waals surface area contributed by atoms with Crippen molar-refractivity contribution in [1.29, 1.82) is 0 Å². The SMILES string of the molecule is O=C(NCC1CCC(c2nc3ccccc3[nH]2)CC1)c1ccccc1C(F)(F)F. The Bertz CT molecular complexity index is 971. The van der Waals surface area contributed by atoms with Crippen LogP contribution in [0.2, 0.25) is 0 Å². The third-order valence-corrected chi connectivity index (χ3v) is 5.67. The maximum Gasteiger partial charge on any atom is 0.417 e. The summed E-state index contributed by atoms with van der Waals surface area (Å²) in [5, 5.41) is 2.69. The summed E-state index contributed by atoms with van der Waals surface area (Å²) in [4.78, 5) is 20.4. The van der Waals surface area contributed by atoms with Crippen LogP contribution in [0.1, 0.15) is 53.3 Å². The number of benzene rings is 2. The van der Waals surface area contributed by atoms with E-state index in [0.717, 1.165) is 48.6 Å². The summed E-state index contributed by atoms with van der Waals surface area (Å²) in [6, 6.07) is 12.8. The van der Waals surface area contributed by atoms with Crippen LogP contribution in [0.15, 0.2) is 48.5 Å². The van der Waals surface area contributed by atoms with Gasteiger partial charge in [-0.15, -0.1) is 0 Å². The number of imidazole rings is 1. The fourth-order valence-electron chi connectivity index (χ4n) is 4.07. The van der Waals surface area contributed by atoms with Gasteiger partial charge in [0.2, 0.25) is 0 Å². The molecule has 0 spiro atoms. The average molecular weight is 401 g/mol. The number of alkyl halides is 3. The van der Waals surface area contributed by atoms with Crippen LogP contribution >= 0.6 is 0 Å². The van der Waals surface area contributed by atoms with Gasteiger partial charge < -0.3 is 10.3 Å². The molecule has 1 saturated carbocycles. The second-order valence-corrected chi connectivity index (χ2v) is 7.61. The number of carbonyl (C=O) groups is 1. The van der Waals surface area contributed by atoms with E-state index in [1.54, 1.807) is 0 Å². The normalized spacial score (nSPS) is 20.0. The van der Waals surface area contributed by atoms with Gasteiger partial charge in [0.25, 0.3) is 5.91 Å². The van der Waals surface area contributed by atoms with Crippen molar-refractivity contribution in [1.82, 2.24) is 15.3 Å². The van der Waals surface area contributed by atoms with Gasteiger partial charge in [-0.2, -0.15) is 13.2 Å². The van der Waals surface area contributed by atoms with Crippen LogP contribution in [0.5, 0.6) is 0 Å². The first-order chi connectivity index (χ1) is 13.9. The Balaban J connectivity index is 1.33. The zero-order valence-corrected chi connectivity index (χ0v) is 15.8. The second-order valence-electron chi connectivity index (χ2n) is 7.61. The molecule has 0 aliphatic heterocycles. The van der Waals surface area contributed by atoms with Crippen molar-refractivity contribution in [3.05, 3.63) is 65.5 Å². The number of nitrogens with one attached hydrogen (secondary N) is 2. The third-order valence-electron chi connectivity index (χ3n) is 5.67. The number of rotatable bonds is 4. The van der Waals surface area contributed by atoms with Crippen LogP contribution in [0.3, 0.4) is 0 Å². The van der Waals surface area contributed by atoms with Crippen LogP contribution in [-0.4, -0.2) is 22.4 Å². The van der Waals surface area contributed by atoms with E-state index in [0.29, 0.717) is 12.5 Å². The average Bonchev–Trinajstić information content (AvgIpc) is 3.16. The molecule has 2 N–H and O–H groups in total. The Morgan fingerprint density at radius 2 is 1.72 bits per heavy atom. The molecule has 152 valence electrons. The van der Waals surface area contributed by atoms with Crippen LogP contribution in [0, 0.1) is 5.92 Å². The standard InChI is InChI=1S/C22H22F3N3O/c23-22(24,25)17-6-2-1-5-16(17)21(29)26-13-14-9-11-15(12-10-14)20-27-18-7-3-4-8-19(18)28-20/h1-8,14-15H,9-13H2,(H,26,29)(H,27,28). The molecule has 4 rings (SSSR count). The van der Waals surface area contributed by atoms with Crippen molar-refractivity contribution in [2.24, 2.45) is 5.92 Å². The number of hydrogen-bond donors (Lipinski definition) is 2. The predicted molar refractivity (Wildman–Crippen MR) is 105 cm³/mol. The van der Waals surface area contributed by atoms with Gasteiger partial charge in [-0.05, 0) is 55.9 Å². The van der Waals surface area contributed by atoms with Crippen LogP contribution in [0.25, 0.3) is 11.0 Å². The lowest BCUT2D eigenvalue weighted by Crippen LogP contribution is -2.32. The van der Waals surface area contributed by atoms with Crippen LogP contribution < -0.4 is 5.32 Å². The lowest BCUT2D eigenvalue weighted by molar-refractivity contribution is -0.137. The molecule has 4 nitrogen and oxygen atoms in total. The topological polar surface area (TPSA) is 57.8 Å². The van der Waals surface area contributed by atoms with E-state index < -0.39 is 17.6 Å². The molecule has 0 unspecified atom stereocenters. The Morgan fingerprint density at radius 1 is 1.03 bits per heavy atom. The van der Waals surface area contributed by atoms with E-state index in [2.05, 4.69) is 15.3 Å². The van der Waals surface area contributed by atoms with Crippen molar-refractivity contribution in [3.8, 4) is 0 Å². The fourth-order valence-corrected chi connectivity index (χ4v) is 4.07. The number of para-hydroxylation sites is 2. The summed E-state index contributed by atoms with van der Waals surface area (Å²) in [5.41, 5.74) is 0.766. The lowest BCUT2D eigenvalue weighted by Gasteiger charge is -2.27. The Morgan fingerprint density at radius 3 is 2.45 bits per heavy atom. The molecule has 1 aromatic heterocycles. The smallest absolute Gasteiger partial charge is 0.352 e. The first-order valence-electron chi connectivity index (χ1n) is 9.81. The van der Waals surface area contributed by atoms with Gasteiger partial charge in [0, 0.05) is 12.5 Å². The number of H-pyrrole nitrogens is 1. The molecule has 0 bridgehead atoms. The van der Waals surface area contributed by atoms with E-state index in [1.165, 1.54) is 18.2 Å². The number of nitrogens with zero attached hydrogens (tertiary/aromatic N) is 1. The summed E-state index contributed by atoms with van der Waals surface area (Å²) in [6.45, 7) is 0.387. The first kappa shape index (κ1) is 19.5. The number of fused-ring (bicyclic) bond motifs is 1. The Hall–Kier alpha value is -2.83. The molecule has 0 atom stereocenters. The van der Waals surface area contributed by atoms with Gasteiger partial charge in [-0.1, -0.05) is 24.3 Å². The summed E-state index contributed by atoms with van der Waals surface area (Å²) >= 11 is 0. The fraction of sp³-hybridized carbons (Fsp3) is 0.364. The molecule has 3 aromatic rings. The van der Waals surface area contributed by atoms with Gasteiger partial charge >= 0.3 is 6.18 Å². The molecule has 1 amide bonds. The van der Waals surface area contributed by atoms with Crippen molar-refractivity contribution >= 4 is 16.9 Å². The van der Waals surface area contributed by atoms with Gasteiger partial charge in [-0.25, -0.2) is 4.98 Å². The quantitative estimate of drug-likeness (QED) is 0.624. The molecule has 0 saturated heterocycles. The van der Waals surface area contributed by atoms with Crippen molar-refractivity contribution < 1.29 is 18.0 Å². The number of aromatic amines is 1. The number of aromatic nitrogens is 2. The molecular formula is C22H22F3N3O. The molecule has 1 heterocycles. The molecule has 7 heteroatoms. The van der Waals surface area contributed by atoms with E-state index in [-0.39, 0.29) is 11.5 Å². The number of halogens is 3. The van der Waals surface area contributed by atoms with Crippen molar-refractivity contribution in [2.75, 3.05) is 6.54 Å². The van der Waals surface area contributed by atoms with Crippen LogP contribution in [0.4, 0.5) is 13.2 Å². The maximum atomic E-state index is 13.1. The minimum Gasteiger partial charge on any atom is -0.352 e. The molecular weight excluding hydrogens is 379 g/mol. The molecule has 29 heavy (non-hydrogen) atoms. The van der Waals surface area contributed by atoms with Crippen molar-refractivity contribution in [2.45, 2.75) is 37.8 Å². The number of amides is 1. The summed E-state index contributed by atoms with van der Waals surface area (Å²) in [6.07, 6.45) is -0.844. The number of hydrogen-bond acceptors (Lipinski definition) is 2. The second kappa shape index (κ2) is 7.89. The molecule has 1 fully saturated rings. The number of carbonyl (C=O) groups excluding carboxylic acids is 1. The minimum absolute atomic E-state index is 0.262. The van der Waals surface area contributed by atoms with Gasteiger partial charge in [0.15, 0.2) is 0 Å². The Labute approximate surface area is 166 Å². The van der Waals surface area contributed by atoms with Gasteiger partial charge in [-0.3, -0.25) is 4.79 Å². The van der Waals surface area contributed by atoms with E-state index >= 15 is 0 Å². The molecule has 2 aromatic carbocycles. The zero-order chi connectivity index (χ0) is 20.4. The summed E-state index contributed by atoms with van der Waals surface area (Å²) in [5.74, 6) is 0.933. The van der Waals surface area contributed by atoms with Gasteiger partial charge in [0.05, 0.1) is 22.2 Å². The highest BCUT2D eigenvalue weighted by Crippen LogP contribution is 2.35. The monoisotopic (exact) mass is 401 g/mol. The van der Waals surface area contributed by atoms with Crippen LogP contribution in [-0.2, 0) is 6.18 Å². The molecule has 1 aliphatic carbocycles. The van der Waals surface area contributed by atoms with Gasteiger partial charge in [0.1, 0.15) is 5.82 Å². The van der Waals surface area contributed by atoms with Crippen molar-refractivity contribution in [3.63, 3.8) is 0 Å². The minimum atomic E-state index is -4.54. The highest BCUT2D eigenvalue weighted by Gasteiger charge is 2.35. The molecule has 0 radical (unpaired) electrons. The van der Waals surface area contributed by atoms with E-state index in [4.69, 9.17) is 0 Å². The largest absolute Gasteiger partial charge is 0.417 e. The lowest BCUT2D eigenvalue weighted by atomic mass is 9.81. The highest BCUT2D eigenvalue weighted by molar-refractivity contribution is 5.95. The Kier molecular flexibility index (Phi) is 5.30. The first-order valence-corrected chi connectivity index (χ1v) is 9.81. The highest BCUT2D eigenvalue weighted by atomic mass is 19.4. The van der Waals surface area contributed by atoms with E-state index in [9.17, 15) is 18.0 Å². The summed E-state index contributed by atoms with van der Waals surface area (Å²) < 4.78 is 39.3. The van der Waals surface area contributed by atoms with E-state index in [1.807, 2.05) is 24.3 Å². The maximum absolute atomic E-state index is 13.1.